The number of aromatic carboxylic acids is 1. The Labute approximate surface area is 493 Å². The number of quaternary nitrogens is 1. The second kappa shape index (κ2) is 28.7. The third-order valence-electron chi connectivity index (χ3n) is 13.4. The summed E-state index contributed by atoms with van der Waals surface area (Å²) in [6.07, 6.45) is 5.77. The van der Waals surface area contributed by atoms with Crippen molar-refractivity contribution in [1.29, 1.82) is 0 Å². The minimum atomic E-state index is -1.41. The Morgan fingerprint density at radius 2 is 1.76 bits per heavy atom. The number of carboxylic acid groups (broad SMARTS) is 2. The molecule has 26 heteroatoms. The summed E-state index contributed by atoms with van der Waals surface area (Å²) in [5.74, 6) is 6.11. The van der Waals surface area contributed by atoms with E-state index in [1.54, 1.807) is 38.1 Å². The number of nitrogens with zero attached hydrogens (tertiary/aromatic N) is 7. The molecular formula is C58H67FN13O10S2+. The fourth-order valence-corrected chi connectivity index (χ4v) is 11.2. The normalized spacial score (nSPS) is 12.6. The number of fused-ring (bicyclic) bond motifs is 2. The lowest BCUT2D eigenvalue weighted by molar-refractivity contribution is -0.896. The highest BCUT2D eigenvalue weighted by atomic mass is 32.1. The summed E-state index contributed by atoms with van der Waals surface area (Å²) in [4.78, 5) is 88.2. The highest BCUT2D eigenvalue weighted by Crippen LogP contribution is 2.39. The lowest BCUT2D eigenvalue weighted by Gasteiger charge is -2.29. The van der Waals surface area contributed by atoms with Crippen LogP contribution >= 0.6 is 22.7 Å². The molecule has 3 aromatic heterocycles. The van der Waals surface area contributed by atoms with Gasteiger partial charge in [-0.15, -0.1) is 28.0 Å². The molecule has 7 rings (SSSR count). The van der Waals surface area contributed by atoms with E-state index < -0.39 is 59.8 Å². The second-order valence-electron chi connectivity index (χ2n) is 20.8. The van der Waals surface area contributed by atoms with E-state index in [4.69, 9.17) is 21.6 Å². The molecule has 6 aromatic rings. The van der Waals surface area contributed by atoms with Gasteiger partial charge in [0.25, 0.3) is 0 Å². The van der Waals surface area contributed by atoms with Crippen LogP contribution in [-0.2, 0) is 40.3 Å². The maximum Gasteiger partial charge on any atom is 0.410 e. The van der Waals surface area contributed by atoms with Crippen LogP contribution in [0.4, 0.5) is 46.4 Å². The van der Waals surface area contributed by atoms with Gasteiger partial charge in [0.2, 0.25) is 11.8 Å². The van der Waals surface area contributed by atoms with Crippen LogP contribution in [0.3, 0.4) is 0 Å². The molecule has 3 aromatic carbocycles. The van der Waals surface area contributed by atoms with E-state index in [1.807, 2.05) is 50.2 Å². The van der Waals surface area contributed by atoms with Crippen molar-refractivity contribution in [3.63, 3.8) is 0 Å². The largest absolute Gasteiger partial charge is 0.491 e. The van der Waals surface area contributed by atoms with E-state index in [1.165, 1.54) is 46.8 Å². The number of carbonyl (C=O) groups is 6. The molecule has 0 aliphatic carbocycles. The monoisotopic (exact) mass is 1190 g/mol. The number of benzene rings is 3. The molecule has 0 spiro atoms. The zero-order valence-electron chi connectivity index (χ0n) is 47.3. The van der Waals surface area contributed by atoms with Crippen molar-refractivity contribution in [2.24, 2.45) is 11.7 Å². The number of hydrogen-bond acceptors (Lipinski definition) is 16. The van der Waals surface area contributed by atoms with Gasteiger partial charge in [-0.25, -0.2) is 33.5 Å². The van der Waals surface area contributed by atoms with Crippen LogP contribution in [0.5, 0.6) is 5.75 Å². The first-order valence-electron chi connectivity index (χ1n) is 26.9. The van der Waals surface area contributed by atoms with Crippen molar-refractivity contribution in [2.45, 2.75) is 84.5 Å². The molecule has 0 bridgehead atoms. The minimum absolute atomic E-state index is 0.0156. The Morgan fingerprint density at radius 3 is 2.48 bits per heavy atom. The summed E-state index contributed by atoms with van der Waals surface area (Å²) >= 11 is 2.80. The molecule has 0 fully saturated rings. The average molecular weight is 1190 g/mol. The number of para-hydroxylation sites is 1. The standard InChI is InChI=1S/C58H66FN13O10S2/c1-8-28-82-58(80)70(5)32-38-31-39(62-51(73)43(18-11-25-61-54(60)77)63-52(74)47(34(2)3)66-57(78)79)23-22-37(38)33-72(6,7)27-13-15-36-21-24-44(41(59)30-36)81-29-14-20-46-48(53(75)76)65-56(84-46)71-26-12-16-40-35(4)49(68-69-50(40)71)67-55-64-42-17-9-10-19-45(42)83-55/h1,9-10,17,19,21-24,30-31,34,43,47,66H,11-12,14,16,18,20,25-29,32-33H2,2-7H3,(H7-,60,61,62,63,64,67,68,73,74,75,76,77,78,79)/p+1/t43-,47-/m0/s1. The summed E-state index contributed by atoms with van der Waals surface area (Å²) in [5, 5.41) is 43.2. The third kappa shape index (κ3) is 17.0. The molecule has 84 heavy (non-hydrogen) atoms. The summed E-state index contributed by atoms with van der Waals surface area (Å²) in [6.45, 7) is 6.54. The van der Waals surface area contributed by atoms with Crippen molar-refractivity contribution in [3.05, 3.63) is 105 Å². The van der Waals surface area contributed by atoms with Gasteiger partial charge in [0, 0.05) is 59.5 Å². The van der Waals surface area contributed by atoms with Gasteiger partial charge < -0.3 is 66.3 Å². The van der Waals surface area contributed by atoms with Crippen LogP contribution in [-0.4, -0.2) is 142 Å². The van der Waals surface area contributed by atoms with Gasteiger partial charge in [-0.2, -0.15) is 0 Å². The quantitative estimate of drug-likeness (QED) is 0.0156. The molecule has 23 nitrogen and oxygen atoms in total. The Morgan fingerprint density at radius 1 is 0.976 bits per heavy atom. The topological polar surface area (TPSA) is 306 Å². The van der Waals surface area contributed by atoms with Crippen LogP contribution < -0.4 is 42.0 Å². The molecule has 6 amide bonds. The van der Waals surface area contributed by atoms with E-state index in [0.717, 1.165) is 39.7 Å². The summed E-state index contributed by atoms with van der Waals surface area (Å²) < 4.78 is 27.8. The number of carbonyl (C=O) groups excluding carboxylic acids is 4. The van der Waals surface area contributed by atoms with E-state index in [0.29, 0.717) is 80.5 Å². The van der Waals surface area contributed by atoms with Crippen molar-refractivity contribution >= 4 is 96.5 Å². The van der Waals surface area contributed by atoms with E-state index in [-0.39, 0.29) is 50.6 Å². The number of rotatable bonds is 25. The molecule has 442 valence electrons. The number of carboxylic acids is 1. The van der Waals surface area contributed by atoms with E-state index in [9.17, 15) is 39.0 Å². The maximum absolute atomic E-state index is 15.5. The molecule has 0 saturated carbocycles. The lowest BCUT2D eigenvalue weighted by atomic mass is 10.0. The van der Waals surface area contributed by atoms with Crippen LogP contribution in [0.25, 0.3) is 10.2 Å². The van der Waals surface area contributed by atoms with E-state index in [2.05, 4.69) is 64.5 Å². The van der Waals surface area contributed by atoms with Gasteiger partial charge in [0.05, 0.1) is 30.9 Å². The van der Waals surface area contributed by atoms with Crippen molar-refractivity contribution < 1.29 is 57.3 Å². The highest BCUT2D eigenvalue weighted by Gasteiger charge is 2.31. The average Bonchev–Trinajstić information content (AvgIpc) is 4.01. The van der Waals surface area contributed by atoms with Gasteiger partial charge in [-0.1, -0.05) is 55.2 Å². The van der Waals surface area contributed by atoms with Gasteiger partial charge in [-0.3, -0.25) is 9.59 Å². The SMILES string of the molecule is C#CCOC(=O)N(C)Cc1cc(NC(=O)[C@H](CCCNC(N)=O)NC(=O)[C@@H](NC(=O)O)C(C)C)ccc1C[N+](C)(C)CC#Cc1ccc(OCCCc2sc(N3CCCc4c3nnc(Nc3nc5ccccc5s3)c4C)nc2C(=O)O)c(F)c1. The molecular weight excluding hydrogens is 1120 g/mol. The van der Waals surface area contributed by atoms with Crippen molar-refractivity contribution in [2.75, 3.05) is 69.5 Å². The number of terminal acetylenes is 1. The first kappa shape index (κ1) is 62.5. The Balaban J connectivity index is 0.970. The zero-order chi connectivity index (χ0) is 60.7. The highest BCUT2D eigenvalue weighted by molar-refractivity contribution is 7.22. The number of amides is 6. The Bertz CT molecular complexity index is 3490. The number of aryl methyl sites for hydroxylation is 1. The fourth-order valence-electron chi connectivity index (χ4n) is 9.17. The molecule has 2 atom stereocenters. The number of aromatic nitrogens is 4. The number of nitrogens with one attached hydrogen (secondary N) is 5. The number of primary amides is 1. The van der Waals surface area contributed by atoms with Gasteiger partial charge in [0.1, 0.15) is 25.2 Å². The van der Waals surface area contributed by atoms with Crippen LogP contribution in [0, 0.1) is 42.8 Å². The first-order chi connectivity index (χ1) is 40.1. The summed E-state index contributed by atoms with van der Waals surface area (Å²) in [5.41, 5.74) is 10.1. The van der Waals surface area contributed by atoms with Crippen molar-refractivity contribution in [3.8, 4) is 29.9 Å². The number of ether oxygens (including phenoxy) is 2. The number of anilines is 5. The van der Waals surface area contributed by atoms with Crippen LogP contribution in [0.15, 0.2) is 60.7 Å². The fraction of sp³-hybridized carbons (Fsp3) is 0.379. The van der Waals surface area contributed by atoms with E-state index >= 15 is 4.39 Å². The first-order valence-corrected chi connectivity index (χ1v) is 28.5. The zero-order valence-corrected chi connectivity index (χ0v) is 49.0. The predicted octanol–water partition coefficient (Wildman–Crippen LogP) is 7.52. The number of thiazole rings is 2. The number of hydrogen-bond donors (Lipinski definition) is 8. The van der Waals surface area contributed by atoms with Crippen molar-refractivity contribution in [1.82, 2.24) is 41.0 Å². The Hall–Kier alpha value is -9.11. The minimum Gasteiger partial charge on any atom is -0.491 e. The van der Waals surface area contributed by atoms with Gasteiger partial charge in [-0.05, 0) is 105 Å². The van der Waals surface area contributed by atoms with Gasteiger partial charge in [0.15, 0.2) is 45.8 Å². The number of halogens is 1. The second-order valence-corrected chi connectivity index (χ2v) is 22.9. The Kier molecular flexibility index (Phi) is 21.4. The number of urea groups is 1. The molecule has 4 heterocycles. The molecule has 0 unspecified atom stereocenters. The molecule has 9 N–H and O–H groups in total. The van der Waals surface area contributed by atoms with Gasteiger partial charge >= 0.3 is 24.2 Å². The summed E-state index contributed by atoms with van der Waals surface area (Å²) in [7, 11) is 5.41. The molecule has 1 aliphatic rings. The molecule has 0 saturated heterocycles. The number of nitrogens with two attached hydrogens (primary N) is 1. The maximum atomic E-state index is 15.5. The third-order valence-corrected chi connectivity index (χ3v) is 15.5. The predicted molar refractivity (Wildman–Crippen MR) is 317 cm³/mol. The molecule has 1 aliphatic heterocycles. The summed E-state index contributed by atoms with van der Waals surface area (Å²) in [6, 6.07) is 14.3. The lowest BCUT2D eigenvalue weighted by Crippen LogP contribution is -2.54. The molecule has 0 radical (unpaired) electrons. The van der Waals surface area contributed by atoms with Crippen LogP contribution in [0.2, 0.25) is 0 Å². The smallest absolute Gasteiger partial charge is 0.410 e. The van der Waals surface area contributed by atoms with Crippen LogP contribution in [0.1, 0.15) is 82.7 Å².